The van der Waals surface area contributed by atoms with Gasteiger partial charge in [-0.2, -0.15) is 0 Å². The van der Waals surface area contributed by atoms with Crippen molar-refractivity contribution in [2.45, 2.75) is 4.90 Å². The molecule has 0 saturated heterocycles. The topological polar surface area (TPSA) is 46.5 Å². The summed E-state index contributed by atoms with van der Waals surface area (Å²) in [5, 5.41) is 10.6. The Labute approximate surface area is 86.4 Å². The maximum Gasteiger partial charge on any atom is 0.330 e. The van der Waals surface area contributed by atoms with Crippen molar-refractivity contribution in [1.82, 2.24) is 0 Å². The Morgan fingerprint density at radius 3 is 2.64 bits per heavy atom. The van der Waals surface area contributed by atoms with Gasteiger partial charge in [-0.05, 0) is 29.7 Å². The zero-order valence-electron chi connectivity index (χ0n) is 7.64. The van der Waals surface area contributed by atoms with Crippen LogP contribution >= 0.6 is 11.8 Å². The molecule has 0 saturated carbocycles. The van der Waals surface area contributed by atoms with Crippen LogP contribution in [0.1, 0.15) is 0 Å². The summed E-state index contributed by atoms with van der Waals surface area (Å²) in [5.41, 5.74) is 0. The maximum absolute atomic E-state index is 10.7. The minimum absolute atomic E-state index is 0.228. The molecule has 0 heterocycles. The first-order valence-electron chi connectivity index (χ1n) is 3.92. The van der Waals surface area contributed by atoms with Gasteiger partial charge in [0.05, 0.1) is 7.11 Å². The zero-order chi connectivity index (χ0) is 10.4. The Hall–Kier alpha value is -1.42. The van der Waals surface area contributed by atoms with Gasteiger partial charge in [0.2, 0.25) is 0 Å². The van der Waals surface area contributed by atoms with Crippen LogP contribution in [0.3, 0.4) is 0 Å². The largest absolute Gasteiger partial charge is 0.508 e. The van der Waals surface area contributed by atoms with Crippen LogP contribution in [0.4, 0.5) is 0 Å². The van der Waals surface area contributed by atoms with Crippen molar-refractivity contribution in [3.05, 3.63) is 35.7 Å². The summed E-state index contributed by atoms with van der Waals surface area (Å²) in [7, 11) is 1.33. The molecule has 1 N–H and O–H groups in total. The highest BCUT2D eigenvalue weighted by Gasteiger charge is 1.93. The molecule has 0 bridgehead atoms. The summed E-state index contributed by atoms with van der Waals surface area (Å²) in [4.78, 5) is 11.6. The lowest BCUT2D eigenvalue weighted by atomic mass is 10.3. The van der Waals surface area contributed by atoms with Gasteiger partial charge in [-0.1, -0.05) is 11.8 Å². The van der Waals surface area contributed by atoms with E-state index in [-0.39, 0.29) is 11.7 Å². The van der Waals surface area contributed by atoms with E-state index in [9.17, 15) is 4.79 Å². The Morgan fingerprint density at radius 2 is 2.07 bits per heavy atom. The number of carbonyl (C=O) groups excluding carboxylic acids is 1. The first-order chi connectivity index (χ1) is 6.72. The van der Waals surface area contributed by atoms with Crippen molar-refractivity contribution in [1.29, 1.82) is 0 Å². The summed E-state index contributed by atoms with van der Waals surface area (Å²) in [6.07, 6.45) is 1.34. The number of carbonyl (C=O) groups is 1. The van der Waals surface area contributed by atoms with Gasteiger partial charge in [0.25, 0.3) is 0 Å². The van der Waals surface area contributed by atoms with Crippen LogP contribution < -0.4 is 0 Å². The van der Waals surface area contributed by atoms with Gasteiger partial charge >= 0.3 is 5.97 Å². The maximum atomic E-state index is 10.7. The third-order valence-electron chi connectivity index (χ3n) is 1.45. The van der Waals surface area contributed by atoms with Crippen LogP contribution in [0.5, 0.6) is 5.75 Å². The predicted molar refractivity (Wildman–Crippen MR) is 55.1 cm³/mol. The van der Waals surface area contributed by atoms with Gasteiger partial charge < -0.3 is 9.84 Å². The Kier molecular flexibility index (Phi) is 4.07. The van der Waals surface area contributed by atoms with Crippen molar-refractivity contribution in [2.75, 3.05) is 7.11 Å². The summed E-state index contributed by atoms with van der Waals surface area (Å²) < 4.78 is 4.43. The van der Waals surface area contributed by atoms with E-state index >= 15 is 0 Å². The number of rotatable bonds is 3. The number of hydrogen-bond donors (Lipinski definition) is 1. The van der Waals surface area contributed by atoms with E-state index in [0.717, 1.165) is 4.90 Å². The SMILES string of the molecule is COC(=O)/C=C/Sc1ccc(O)cc1. The van der Waals surface area contributed by atoms with E-state index in [4.69, 9.17) is 5.11 Å². The molecule has 0 aliphatic rings. The van der Waals surface area contributed by atoms with Crippen LogP contribution in [0.25, 0.3) is 0 Å². The molecule has 0 aliphatic heterocycles. The molecule has 1 rings (SSSR count). The van der Waals surface area contributed by atoms with Crippen LogP contribution in [0.15, 0.2) is 40.6 Å². The Balaban J connectivity index is 2.49. The fraction of sp³-hybridized carbons (Fsp3) is 0.100. The van der Waals surface area contributed by atoms with Crippen molar-refractivity contribution in [2.24, 2.45) is 0 Å². The molecule has 0 unspecified atom stereocenters. The van der Waals surface area contributed by atoms with Crippen LogP contribution in [0.2, 0.25) is 0 Å². The lowest BCUT2D eigenvalue weighted by Crippen LogP contribution is -1.92. The fourth-order valence-electron chi connectivity index (χ4n) is 0.761. The number of esters is 1. The van der Waals surface area contributed by atoms with E-state index in [0.29, 0.717) is 0 Å². The Bertz CT molecular complexity index is 330. The van der Waals surface area contributed by atoms with Crippen molar-refractivity contribution >= 4 is 17.7 Å². The first-order valence-corrected chi connectivity index (χ1v) is 4.80. The highest BCUT2D eigenvalue weighted by molar-refractivity contribution is 8.02. The minimum Gasteiger partial charge on any atom is -0.508 e. The molecule has 0 aromatic heterocycles. The fourth-order valence-corrected chi connectivity index (χ4v) is 1.39. The smallest absolute Gasteiger partial charge is 0.330 e. The van der Waals surface area contributed by atoms with Crippen molar-refractivity contribution in [3.8, 4) is 5.75 Å². The molecule has 3 nitrogen and oxygen atoms in total. The number of aromatic hydroxyl groups is 1. The molecule has 14 heavy (non-hydrogen) atoms. The number of methoxy groups -OCH3 is 1. The normalized spacial score (nSPS) is 10.4. The van der Waals surface area contributed by atoms with Gasteiger partial charge in [0.1, 0.15) is 5.75 Å². The van der Waals surface area contributed by atoms with Crippen LogP contribution in [-0.2, 0) is 9.53 Å². The van der Waals surface area contributed by atoms with Gasteiger partial charge in [-0.25, -0.2) is 4.79 Å². The van der Waals surface area contributed by atoms with E-state index in [1.807, 2.05) is 0 Å². The monoisotopic (exact) mass is 210 g/mol. The second-order valence-electron chi connectivity index (χ2n) is 2.44. The summed E-state index contributed by atoms with van der Waals surface area (Å²) >= 11 is 1.38. The summed E-state index contributed by atoms with van der Waals surface area (Å²) in [5.74, 6) is -0.150. The lowest BCUT2D eigenvalue weighted by Gasteiger charge is -1.95. The molecule has 0 aliphatic carbocycles. The molecule has 1 aromatic carbocycles. The number of ether oxygens (including phenoxy) is 1. The highest BCUT2D eigenvalue weighted by Crippen LogP contribution is 2.21. The van der Waals surface area contributed by atoms with E-state index in [1.54, 1.807) is 29.7 Å². The second kappa shape index (κ2) is 5.34. The molecule has 0 radical (unpaired) electrons. The first kappa shape index (κ1) is 10.7. The number of phenols is 1. The third-order valence-corrected chi connectivity index (χ3v) is 2.26. The average molecular weight is 210 g/mol. The van der Waals surface area contributed by atoms with Gasteiger partial charge in [0, 0.05) is 11.0 Å². The quantitative estimate of drug-likeness (QED) is 0.472. The predicted octanol–water partition coefficient (Wildman–Crippen LogP) is 2.17. The molecule has 0 atom stereocenters. The lowest BCUT2D eigenvalue weighted by molar-refractivity contribution is -0.134. The van der Waals surface area contributed by atoms with E-state index in [1.165, 1.54) is 24.9 Å². The summed E-state index contributed by atoms with van der Waals surface area (Å²) in [6, 6.07) is 6.71. The standard InChI is InChI=1S/C10H10O3S/c1-13-10(12)6-7-14-9-4-2-8(11)3-5-9/h2-7,11H,1H3/b7-6+. The highest BCUT2D eigenvalue weighted by atomic mass is 32.2. The average Bonchev–Trinajstić information content (AvgIpc) is 2.21. The van der Waals surface area contributed by atoms with Crippen molar-refractivity contribution in [3.63, 3.8) is 0 Å². The second-order valence-corrected chi connectivity index (χ2v) is 3.42. The van der Waals surface area contributed by atoms with Crippen LogP contribution in [-0.4, -0.2) is 18.2 Å². The molecular weight excluding hydrogens is 200 g/mol. The zero-order valence-corrected chi connectivity index (χ0v) is 8.45. The van der Waals surface area contributed by atoms with Crippen molar-refractivity contribution < 1.29 is 14.6 Å². The van der Waals surface area contributed by atoms with Gasteiger partial charge in [-0.3, -0.25) is 0 Å². The third kappa shape index (κ3) is 3.53. The van der Waals surface area contributed by atoms with E-state index in [2.05, 4.69) is 4.74 Å². The molecule has 74 valence electrons. The summed E-state index contributed by atoms with van der Waals surface area (Å²) in [6.45, 7) is 0. The van der Waals surface area contributed by atoms with Gasteiger partial charge in [-0.15, -0.1) is 0 Å². The molecule has 0 amide bonds. The number of hydrogen-bond acceptors (Lipinski definition) is 4. The molecule has 0 spiro atoms. The van der Waals surface area contributed by atoms with Crippen LogP contribution in [0, 0.1) is 0 Å². The molecule has 4 heteroatoms. The minimum atomic E-state index is -0.378. The molecule has 0 fully saturated rings. The number of thioether (sulfide) groups is 1. The Morgan fingerprint density at radius 1 is 1.43 bits per heavy atom. The van der Waals surface area contributed by atoms with E-state index < -0.39 is 0 Å². The number of benzene rings is 1. The van der Waals surface area contributed by atoms with Gasteiger partial charge in [0.15, 0.2) is 0 Å². The molecule has 1 aromatic rings. The number of phenolic OH excluding ortho intramolecular Hbond substituents is 1. The molecular formula is C10H10O3S.